The highest BCUT2D eigenvalue weighted by atomic mass is 32.2. The number of benzene rings is 1. The third-order valence-electron chi connectivity index (χ3n) is 4.60. The van der Waals surface area contributed by atoms with Crippen molar-refractivity contribution in [3.8, 4) is 0 Å². The third-order valence-corrected chi connectivity index (χ3v) is 6.29. The van der Waals surface area contributed by atoms with Gasteiger partial charge in [-0.2, -0.15) is 4.72 Å². The van der Waals surface area contributed by atoms with Crippen molar-refractivity contribution in [3.63, 3.8) is 0 Å². The summed E-state index contributed by atoms with van der Waals surface area (Å²) >= 11 is 0. The lowest BCUT2D eigenvalue weighted by Gasteiger charge is -2.27. The Balaban J connectivity index is 1.90. The number of carbonyl (C=O) groups excluding carboxylic acids is 1. The highest BCUT2D eigenvalue weighted by Gasteiger charge is 2.36. The van der Waals surface area contributed by atoms with E-state index in [-0.39, 0.29) is 28.2 Å². The van der Waals surface area contributed by atoms with Gasteiger partial charge in [0.1, 0.15) is 16.6 Å². The molecule has 0 saturated carbocycles. The van der Waals surface area contributed by atoms with Crippen molar-refractivity contribution in [3.05, 3.63) is 41.3 Å². The van der Waals surface area contributed by atoms with Crippen molar-refractivity contribution >= 4 is 21.6 Å². The van der Waals surface area contributed by atoms with Crippen LogP contribution in [0.3, 0.4) is 0 Å². The molecule has 0 fully saturated rings. The average Bonchev–Trinajstić information content (AvgIpc) is 3.15. The quantitative estimate of drug-likeness (QED) is 0.862. The van der Waals surface area contributed by atoms with Gasteiger partial charge in [0.2, 0.25) is 15.9 Å². The lowest BCUT2D eigenvalue weighted by atomic mass is 10.0. The number of sulfonamides is 1. The SMILES string of the molecule is Cc1noc(C)c1S(=O)(=O)N[C@H](C(=O)N1CCc2ccccc21)C(C)C. The van der Waals surface area contributed by atoms with Gasteiger partial charge in [-0.3, -0.25) is 4.79 Å². The van der Waals surface area contributed by atoms with Crippen LogP contribution in [0.5, 0.6) is 0 Å². The van der Waals surface area contributed by atoms with Gasteiger partial charge in [0.05, 0.1) is 0 Å². The molecular weight excluding hydrogens is 354 g/mol. The minimum absolute atomic E-state index is 0.00206. The fourth-order valence-electron chi connectivity index (χ4n) is 3.29. The second-order valence-electron chi connectivity index (χ2n) is 6.86. The van der Waals surface area contributed by atoms with E-state index in [0.29, 0.717) is 6.54 Å². The number of fused-ring (bicyclic) bond motifs is 1. The van der Waals surface area contributed by atoms with Crippen LogP contribution < -0.4 is 9.62 Å². The fourth-order valence-corrected chi connectivity index (χ4v) is 4.96. The molecule has 0 unspecified atom stereocenters. The molecule has 0 bridgehead atoms. The van der Waals surface area contributed by atoms with Crippen molar-refractivity contribution in [1.29, 1.82) is 0 Å². The van der Waals surface area contributed by atoms with Crippen LogP contribution in [0.25, 0.3) is 0 Å². The van der Waals surface area contributed by atoms with Gasteiger partial charge < -0.3 is 9.42 Å². The number of nitrogens with one attached hydrogen (secondary N) is 1. The Morgan fingerprint density at radius 3 is 2.58 bits per heavy atom. The second-order valence-corrected chi connectivity index (χ2v) is 8.52. The molecule has 140 valence electrons. The van der Waals surface area contributed by atoms with Crippen LogP contribution in [0, 0.1) is 19.8 Å². The largest absolute Gasteiger partial charge is 0.360 e. The van der Waals surface area contributed by atoms with Crippen molar-refractivity contribution < 1.29 is 17.7 Å². The summed E-state index contributed by atoms with van der Waals surface area (Å²) in [7, 11) is -3.93. The zero-order chi connectivity index (χ0) is 19.1. The summed E-state index contributed by atoms with van der Waals surface area (Å²) in [6.45, 7) is 7.29. The van der Waals surface area contributed by atoms with Crippen molar-refractivity contribution in [2.45, 2.75) is 45.1 Å². The fraction of sp³-hybridized carbons (Fsp3) is 0.444. The van der Waals surface area contributed by atoms with Gasteiger partial charge in [0.25, 0.3) is 0 Å². The number of rotatable bonds is 5. The Hall–Kier alpha value is -2.19. The predicted octanol–water partition coefficient (Wildman–Crippen LogP) is 2.18. The average molecular weight is 377 g/mol. The zero-order valence-corrected chi connectivity index (χ0v) is 16.1. The molecule has 2 heterocycles. The van der Waals surface area contributed by atoms with E-state index < -0.39 is 16.1 Å². The molecule has 26 heavy (non-hydrogen) atoms. The first-order chi connectivity index (χ1) is 12.2. The first-order valence-corrected chi connectivity index (χ1v) is 10.0. The molecule has 8 heteroatoms. The topological polar surface area (TPSA) is 92.5 Å². The Kier molecular flexibility index (Phi) is 4.90. The Morgan fingerprint density at radius 2 is 1.96 bits per heavy atom. The van der Waals surface area contributed by atoms with Crippen LogP contribution in [-0.4, -0.2) is 32.1 Å². The van der Waals surface area contributed by atoms with Crippen LogP contribution in [0.15, 0.2) is 33.7 Å². The molecule has 0 aliphatic carbocycles. The van der Waals surface area contributed by atoms with Crippen molar-refractivity contribution in [2.24, 2.45) is 5.92 Å². The molecule has 1 atom stereocenters. The number of aromatic nitrogens is 1. The lowest BCUT2D eigenvalue weighted by molar-refractivity contribution is -0.121. The van der Waals surface area contributed by atoms with Crippen molar-refractivity contribution in [1.82, 2.24) is 9.88 Å². The summed E-state index contributed by atoms with van der Waals surface area (Å²) in [6, 6.07) is 6.82. The summed E-state index contributed by atoms with van der Waals surface area (Å²) in [5.74, 6) is -0.262. The van der Waals surface area contributed by atoms with Gasteiger partial charge in [0.15, 0.2) is 5.76 Å². The van der Waals surface area contributed by atoms with E-state index in [9.17, 15) is 13.2 Å². The maximum absolute atomic E-state index is 13.1. The van der Waals surface area contributed by atoms with Crippen LogP contribution in [0.2, 0.25) is 0 Å². The first kappa shape index (κ1) is 18.6. The monoisotopic (exact) mass is 377 g/mol. The van der Waals surface area contributed by atoms with E-state index in [1.54, 1.807) is 11.8 Å². The number of para-hydroxylation sites is 1. The molecule has 0 radical (unpaired) electrons. The highest BCUT2D eigenvalue weighted by molar-refractivity contribution is 7.89. The number of hydrogen-bond acceptors (Lipinski definition) is 5. The van der Waals surface area contributed by atoms with Gasteiger partial charge in [0, 0.05) is 12.2 Å². The van der Waals surface area contributed by atoms with Crippen LogP contribution in [0.1, 0.15) is 30.9 Å². The van der Waals surface area contributed by atoms with Crippen LogP contribution in [-0.2, 0) is 21.2 Å². The molecule has 0 saturated heterocycles. The summed E-state index contributed by atoms with van der Waals surface area (Å²) in [4.78, 5) is 14.8. The summed E-state index contributed by atoms with van der Waals surface area (Å²) in [5.41, 5.74) is 2.22. The predicted molar refractivity (Wildman–Crippen MR) is 97.4 cm³/mol. The first-order valence-electron chi connectivity index (χ1n) is 8.57. The molecule has 0 spiro atoms. The standard InChI is InChI=1S/C18H23N3O4S/c1-11(2)16(20-26(23,24)17-12(3)19-25-13(17)4)18(22)21-10-9-14-7-5-6-8-15(14)21/h5-8,11,16,20H,9-10H2,1-4H3/t16-/m0/s1. The number of amides is 1. The number of nitrogens with zero attached hydrogens (tertiary/aromatic N) is 2. The van der Waals surface area contributed by atoms with Crippen LogP contribution in [0.4, 0.5) is 5.69 Å². The van der Waals surface area contributed by atoms with E-state index in [2.05, 4.69) is 9.88 Å². The molecule has 1 aliphatic rings. The van der Waals surface area contributed by atoms with E-state index in [1.165, 1.54) is 6.92 Å². The van der Waals surface area contributed by atoms with Crippen molar-refractivity contribution in [2.75, 3.05) is 11.4 Å². The van der Waals surface area contributed by atoms with Gasteiger partial charge in [-0.1, -0.05) is 37.2 Å². The second kappa shape index (κ2) is 6.85. The smallest absolute Gasteiger partial charge is 0.246 e. The van der Waals surface area contributed by atoms with Crippen LogP contribution >= 0.6 is 0 Å². The highest BCUT2D eigenvalue weighted by Crippen LogP contribution is 2.29. The minimum Gasteiger partial charge on any atom is -0.360 e. The number of hydrogen-bond donors (Lipinski definition) is 1. The van der Waals surface area contributed by atoms with E-state index in [1.807, 2.05) is 38.1 Å². The zero-order valence-electron chi connectivity index (χ0n) is 15.3. The molecule has 1 aromatic heterocycles. The normalized spacial score (nSPS) is 15.3. The molecule has 1 aliphatic heterocycles. The summed E-state index contributed by atoms with van der Waals surface area (Å²) in [5, 5.41) is 3.70. The molecule has 3 rings (SSSR count). The van der Waals surface area contributed by atoms with Gasteiger partial charge >= 0.3 is 0 Å². The molecular formula is C18H23N3O4S. The van der Waals surface area contributed by atoms with Gasteiger partial charge in [-0.05, 0) is 37.8 Å². The van der Waals surface area contributed by atoms with E-state index in [4.69, 9.17) is 4.52 Å². The van der Waals surface area contributed by atoms with E-state index >= 15 is 0 Å². The molecule has 2 aromatic rings. The Labute approximate surface area is 153 Å². The molecule has 1 amide bonds. The lowest BCUT2D eigenvalue weighted by Crippen LogP contribution is -2.51. The summed E-state index contributed by atoms with van der Waals surface area (Å²) < 4.78 is 33.2. The number of aryl methyl sites for hydroxylation is 2. The maximum Gasteiger partial charge on any atom is 0.246 e. The molecule has 7 nitrogen and oxygen atoms in total. The third kappa shape index (κ3) is 3.26. The summed E-state index contributed by atoms with van der Waals surface area (Å²) in [6.07, 6.45) is 0.767. The minimum atomic E-state index is -3.93. The number of carbonyl (C=O) groups is 1. The molecule has 1 aromatic carbocycles. The maximum atomic E-state index is 13.1. The Bertz CT molecular complexity index is 914. The van der Waals surface area contributed by atoms with Gasteiger partial charge in [-0.15, -0.1) is 0 Å². The van der Waals surface area contributed by atoms with Gasteiger partial charge in [-0.25, -0.2) is 8.42 Å². The number of anilines is 1. The van der Waals surface area contributed by atoms with E-state index in [0.717, 1.165) is 17.7 Å². The Morgan fingerprint density at radius 1 is 1.27 bits per heavy atom. The molecule has 1 N–H and O–H groups in total.